The Labute approximate surface area is 205 Å². The molecule has 6 rings (SSSR count). The van der Waals surface area contributed by atoms with Gasteiger partial charge in [0.05, 0.1) is 22.5 Å². The Morgan fingerprint density at radius 2 is 1.91 bits per heavy atom. The number of halogens is 1. The number of hydrazine groups is 1. The van der Waals surface area contributed by atoms with Gasteiger partial charge in [-0.3, -0.25) is 10.1 Å². The maximum absolute atomic E-state index is 13.2. The molecule has 7 nitrogen and oxygen atoms in total. The van der Waals surface area contributed by atoms with Crippen molar-refractivity contribution < 1.29 is 9.21 Å². The molecule has 2 N–H and O–H groups in total. The average Bonchev–Trinajstić information content (AvgIpc) is 3.61. The number of furan rings is 1. The van der Waals surface area contributed by atoms with Crippen LogP contribution in [0.3, 0.4) is 0 Å². The molecular formula is C25H20ClN5O2S. The van der Waals surface area contributed by atoms with Gasteiger partial charge in [0, 0.05) is 27.9 Å². The van der Waals surface area contributed by atoms with E-state index in [9.17, 15) is 4.79 Å². The smallest absolute Gasteiger partial charge is 0.276 e. The van der Waals surface area contributed by atoms with E-state index in [4.69, 9.17) is 21.1 Å². The van der Waals surface area contributed by atoms with Crippen molar-refractivity contribution in [3.63, 3.8) is 0 Å². The highest BCUT2D eigenvalue weighted by molar-refractivity contribution is 8.05. The van der Waals surface area contributed by atoms with Gasteiger partial charge in [0.2, 0.25) is 0 Å². The highest BCUT2D eigenvalue weighted by Crippen LogP contribution is 2.40. The highest BCUT2D eigenvalue weighted by atomic mass is 35.5. The first kappa shape index (κ1) is 21.2. The number of amides is 1. The lowest BCUT2D eigenvalue weighted by Gasteiger charge is -2.13. The molecule has 2 aromatic heterocycles. The van der Waals surface area contributed by atoms with E-state index in [2.05, 4.69) is 10.7 Å². The van der Waals surface area contributed by atoms with Crippen LogP contribution in [0.5, 0.6) is 0 Å². The number of hydrogen-bond donors (Lipinski definition) is 2. The number of carbonyl (C=O) groups is 1. The molecule has 9 heteroatoms. The van der Waals surface area contributed by atoms with Crippen LogP contribution in [-0.2, 0) is 4.79 Å². The number of para-hydroxylation sites is 1. The Bertz CT molecular complexity index is 1400. The van der Waals surface area contributed by atoms with E-state index in [0.29, 0.717) is 9.93 Å². The Morgan fingerprint density at radius 1 is 1.12 bits per heavy atom. The number of carbonyl (C=O) groups excluding carboxylic acids is 1. The van der Waals surface area contributed by atoms with Crippen molar-refractivity contribution in [2.45, 2.75) is 18.6 Å². The molecule has 2 aliphatic heterocycles. The first-order chi connectivity index (χ1) is 16.6. The molecule has 0 bridgehead atoms. The quantitative estimate of drug-likeness (QED) is 0.388. The number of aromatic nitrogens is 2. The first-order valence-corrected chi connectivity index (χ1v) is 12.0. The van der Waals surface area contributed by atoms with Gasteiger partial charge in [-0.2, -0.15) is 5.10 Å². The van der Waals surface area contributed by atoms with Crippen LogP contribution in [0.2, 0.25) is 5.02 Å². The lowest BCUT2D eigenvalue weighted by Crippen LogP contribution is -2.37. The van der Waals surface area contributed by atoms with E-state index in [1.54, 1.807) is 11.3 Å². The van der Waals surface area contributed by atoms with Crippen LogP contribution in [-0.4, -0.2) is 26.2 Å². The van der Waals surface area contributed by atoms with Crippen molar-refractivity contribution in [1.29, 1.82) is 0 Å². The number of hydrogen-bond acceptors (Lipinski definition) is 6. The maximum atomic E-state index is 13.2. The summed E-state index contributed by atoms with van der Waals surface area (Å²) < 4.78 is 7.24. The number of rotatable bonds is 4. The summed E-state index contributed by atoms with van der Waals surface area (Å²) in [6, 6.07) is 19.4. The predicted octanol–water partition coefficient (Wildman–Crippen LogP) is 5.10. The van der Waals surface area contributed by atoms with Crippen molar-refractivity contribution in [3.8, 4) is 16.9 Å². The molecule has 4 aromatic rings. The van der Waals surface area contributed by atoms with Crippen molar-refractivity contribution in [2.24, 2.45) is 0 Å². The Hall–Kier alpha value is -3.30. The lowest BCUT2D eigenvalue weighted by atomic mass is 10.1. The summed E-state index contributed by atoms with van der Waals surface area (Å²) in [5.74, 6) is 0.737. The van der Waals surface area contributed by atoms with Crippen LogP contribution < -0.4 is 10.7 Å². The molecule has 0 saturated carbocycles. The zero-order valence-corrected chi connectivity index (χ0v) is 19.7. The Morgan fingerprint density at radius 3 is 2.62 bits per heavy atom. The Balaban J connectivity index is 1.33. The largest absolute Gasteiger partial charge is 0.469 e. The number of benzene rings is 2. The second kappa shape index (κ2) is 8.48. The molecule has 2 aromatic carbocycles. The number of thioether (sulfide) groups is 1. The van der Waals surface area contributed by atoms with Gasteiger partial charge in [-0.1, -0.05) is 53.7 Å². The molecular weight excluding hydrogens is 470 g/mol. The van der Waals surface area contributed by atoms with Gasteiger partial charge in [0.15, 0.2) is 5.50 Å². The zero-order chi connectivity index (χ0) is 23.2. The van der Waals surface area contributed by atoms with Gasteiger partial charge in [-0.15, -0.1) is 0 Å². The van der Waals surface area contributed by atoms with Crippen LogP contribution in [0, 0.1) is 6.92 Å². The fourth-order valence-electron chi connectivity index (χ4n) is 4.13. The van der Waals surface area contributed by atoms with Crippen LogP contribution in [0.25, 0.3) is 23.0 Å². The van der Waals surface area contributed by atoms with Crippen LogP contribution in [0.4, 0.5) is 0 Å². The molecule has 4 heterocycles. The summed E-state index contributed by atoms with van der Waals surface area (Å²) in [4.78, 5) is 13.9. The maximum Gasteiger partial charge on any atom is 0.276 e. The summed E-state index contributed by atoms with van der Waals surface area (Å²) in [7, 11) is 0. The molecule has 0 radical (unpaired) electrons. The monoisotopic (exact) mass is 489 g/mol. The zero-order valence-electron chi connectivity index (χ0n) is 18.1. The summed E-state index contributed by atoms with van der Waals surface area (Å²) in [6.45, 7) is 1.91. The molecule has 2 aliphatic rings. The number of aryl methyl sites for hydroxylation is 1. The highest BCUT2D eigenvalue weighted by Gasteiger charge is 2.44. The number of nitrogens with zero attached hydrogens (tertiary/aromatic N) is 3. The summed E-state index contributed by atoms with van der Waals surface area (Å²) in [6.07, 6.45) is 5.33. The number of fused-ring (bicyclic) bond motifs is 1. The fraction of sp³-hybridized carbons (Fsp3) is 0.120. The third-order valence-corrected chi connectivity index (χ3v) is 7.23. The van der Waals surface area contributed by atoms with E-state index in [-0.39, 0.29) is 17.6 Å². The van der Waals surface area contributed by atoms with Crippen molar-refractivity contribution in [1.82, 2.24) is 25.5 Å². The Kier molecular flexibility index (Phi) is 5.30. The second-order valence-corrected chi connectivity index (χ2v) is 9.59. The van der Waals surface area contributed by atoms with Gasteiger partial charge >= 0.3 is 0 Å². The fourth-order valence-corrected chi connectivity index (χ4v) is 5.36. The molecule has 1 amide bonds. The number of nitrogens with one attached hydrogen (secondary N) is 2. The minimum atomic E-state index is -0.207. The van der Waals surface area contributed by atoms with Crippen LogP contribution >= 0.6 is 23.4 Å². The molecule has 2 fully saturated rings. The summed E-state index contributed by atoms with van der Waals surface area (Å²) >= 11 is 7.58. The predicted molar refractivity (Wildman–Crippen MR) is 133 cm³/mol. The van der Waals surface area contributed by atoms with Crippen LogP contribution in [0.15, 0.2) is 82.4 Å². The molecule has 0 aliphatic carbocycles. The van der Waals surface area contributed by atoms with Crippen molar-refractivity contribution in [2.75, 3.05) is 0 Å². The van der Waals surface area contributed by atoms with Crippen molar-refractivity contribution in [3.05, 3.63) is 99.9 Å². The summed E-state index contributed by atoms with van der Waals surface area (Å²) in [5.41, 5.74) is 7.54. The lowest BCUT2D eigenvalue weighted by molar-refractivity contribution is -0.127. The molecule has 170 valence electrons. The molecule has 2 unspecified atom stereocenters. The van der Waals surface area contributed by atoms with E-state index in [1.165, 1.54) is 11.8 Å². The standard InChI is InChI=1S/C25H20ClN5O2S/c1-15-20(11-12-33-15)23-27-25-31(29-23)24(32)21(34-25)13-17-14-30(19-5-3-2-4-6-19)28-22(17)16-7-9-18(26)10-8-16/h2-14,23,25,27,29H,1H3/b21-13-. The van der Waals surface area contributed by atoms with E-state index >= 15 is 0 Å². The molecule has 2 atom stereocenters. The van der Waals surface area contributed by atoms with Crippen LogP contribution in [0.1, 0.15) is 23.1 Å². The van der Waals surface area contributed by atoms with Gasteiger partial charge in [0.1, 0.15) is 11.9 Å². The van der Waals surface area contributed by atoms with Gasteiger partial charge in [-0.05, 0) is 43.3 Å². The van der Waals surface area contributed by atoms with Crippen molar-refractivity contribution >= 4 is 35.3 Å². The topological polar surface area (TPSA) is 75.3 Å². The van der Waals surface area contributed by atoms with E-state index in [1.807, 2.05) is 84.5 Å². The third kappa shape index (κ3) is 3.74. The van der Waals surface area contributed by atoms with E-state index in [0.717, 1.165) is 33.8 Å². The summed E-state index contributed by atoms with van der Waals surface area (Å²) in [5, 5.41) is 10.6. The molecule has 0 spiro atoms. The first-order valence-electron chi connectivity index (χ1n) is 10.8. The average molecular weight is 490 g/mol. The minimum Gasteiger partial charge on any atom is -0.469 e. The van der Waals surface area contributed by atoms with Gasteiger partial charge < -0.3 is 4.42 Å². The van der Waals surface area contributed by atoms with Gasteiger partial charge in [0.25, 0.3) is 5.91 Å². The second-order valence-electron chi connectivity index (χ2n) is 8.03. The molecule has 2 saturated heterocycles. The SMILES string of the molecule is Cc1occc1C1NC2S/C(=C\c3cn(-c4ccccc4)nc3-c3ccc(Cl)cc3)C(=O)N2N1. The molecule has 34 heavy (non-hydrogen) atoms. The normalized spacial score (nSPS) is 20.9. The third-order valence-electron chi connectivity index (χ3n) is 5.86. The van der Waals surface area contributed by atoms with Gasteiger partial charge in [-0.25, -0.2) is 15.1 Å². The minimum absolute atomic E-state index is 0.0827. The van der Waals surface area contributed by atoms with E-state index < -0.39 is 0 Å².